The molecule has 2 aromatic carbocycles. The highest BCUT2D eigenvalue weighted by Crippen LogP contribution is 2.27. The van der Waals surface area contributed by atoms with Crippen molar-refractivity contribution in [1.82, 2.24) is 0 Å². The number of halogens is 1. The summed E-state index contributed by atoms with van der Waals surface area (Å²) in [5, 5.41) is 13.5. The lowest BCUT2D eigenvalue weighted by Crippen LogP contribution is -2.22. The number of amides is 1. The van der Waals surface area contributed by atoms with E-state index in [9.17, 15) is 19.7 Å². The van der Waals surface area contributed by atoms with E-state index in [1.165, 1.54) is 30.0 Å². The maximum Gasteiger partial charge on any atom is 0.316 e. The average molecular weight is 381 g/mol. The number of nitrogens with zero attached hydrogens (tertiary/aromatic N) is 1. The number of rotatable bonds is 7. The Morgan fingerprint density at radius 3 is 2.60 bits per heavy atom. The van der Waals surface area contributed by atoms with Crippen molar-refractivity contribution in [2.45, 2.75) is 4.90 Å². The number of thioether (sulfide) groups is 1. The number of anilines is 1. The molecule has 0 aliphatic carbocycles. The van der Waals surface area contributed by atoms with Crippen molar-refractivity contribution in [3.63, 3.8) is 0 Å². The molecular formula is C16H13ClN2O5S. The lowest BCUT2D eigenvalue weighted by atomic mass is 10.2. The number of esters is 1. The third kappa shape index (κ3) is 6.09. The van der Waals surface area contributed by atoms with Crippen molar-refractivity contribution in [3.8, 4) is 0 Å². The van der Waals surface area contributed by atoms with E-state index in [1.54, 1.807) is 0 Å². The van der Waals surface area contributed by atoms with Gasteiger partial charge in [-0.25, -0.2) is 0 Å². The Balaban J connectivity index is 1.83. The SMILES string of the molecule is O=C(COC(=O)CSc1ccccc1)Nc1cc(Cl)ccc1[N+](=O)[O-]. The van der Waals surface area contributed by atoms with Crippen LogP contribution in [0.15, 0.2) is 53.4 Å². The Morgan fingerprint density at radius 1 is 1.20 bits per heavy atom. The van der Waals surface area contributed by atoms with Crippen molar-refractivity contribution in [1.29, 1.82) is 0 Å². The number of carbonyl (C=O) groups excluding carboxylic acids is 2. The van der Waals surface area contributed by atoms with Crippen LogP contribution in [-0.4, -0.2) is 29.2 Å². The summed E-state index contributed by atoms with van der Waals surface area (Å²) in [4.78, 5) is 34.6. The van der Waals surface area contributed by atoms with Crippen LogP contribution in [0.4, 0.5) is 11.4 Å². The van der Waals surface area contributed by atoms with E-state index in [4.69, 9.17) is 16.3 Å². The van der Waals surface area contributed by atoms with E-state index in [0.717, 1.165) is 4.90 Å². The van der Waals surface area contributed by atoms with Gasteiger partial charge in [-0.3, -0.25) is 19.7 Å². The van der Waals surface area contributed by atoms with Gasteiger partial charge in [0.2, 0.25) is 0 Å². The largest absolute Gasteiger partial charge is 0.455 e. The van der Waals surface area contributed by atoms with Crippen molar-refractivity contribution in [2.75, 3.05) is 17.7 Å². The first-order chi connectivity index (χ1) is 12.0. The summed E-state index contributed by atoms with van der Waals surface area (Å²) < 4.78 is 4.85. The van der Waals surface area contributed by atoms with Crippen molar-refractivity contribution < 1.29 is 19.2 Å². The number of nitrogens with one attached hydrogen (secondary N) is 1. The van der Waals surface area contributed by atoms with Crippen molar-refractivity contribution in [2.24, 2.45) is 0 Å². The molecular weight excluding hydrogens is 368 g/mol. The molecule has 0 saturated carbocycles. The first-order valence-electron chi connectivity index (χ1n) is 7.03. The molecule has 0 radical (unpaired) electrons. The highest BCUT2D eigenvalue weighted by molar-refractivity contribution is 8.00. The predicted molar refractivity (Wildman–Crippen MR) is 94.9 cm³/mol. The van der Waals surface area contributed by atoms with Crippen LogP contribution in [0.25, 0.3) is 0 Å². The number of benzene rings is 2. The third-order valence-electron chi connectivity index (χ3n) is 2.89. The Bertz CT molecular complexity index is 785. The number of nitro benzene ring substituents is 1. The van der Waals surface area contributed by atoms with E-state index in [-0.39, 0.29) is 22.2 Å². The lowest BCUT2D eigenvalue weighted by molar-refractivity contribution is -0.383. The molecule has 0 atom stereocenters. The molecule has 0 heterocycles. The zero-order chi connectivity index (χ0) is 18.2. The molecule has 7 nitrogen and oxygen atoms in total. The van der Waals surface area contributed by atoms with Gasteiger partial charge in [0.25, 0.3) is 11.6 Å². The Labute approximate surface area is 152 Å². The molecule has 0 aromatic heterocycles. The van der Waals surface area contributed by atoms with Gasteiger partial charge in [0.15, 0.2) is 6.61 Å². The van der Waals surface area contributed by atoms with Gasteiger partial charge >= 0.3 is 5.97 Å². The summed E-state index contributed by atoms with van der Waals surface area (Å²) in [7, 11) is 0. The minimum absolute atomic E-state index is 0.0502. The van der Waals surface area contributed by atoms with Gasteiger partial charge in [-0.05, 0) is 24.3 Å². The second-order valence-electron chi connectivity index (χ2n) is 4.73. The van der Waals surface area contributed by atoms with Crippen LogP contribution in [0.3, 0.4) is 0 Å². The summed E-state index contributed by atoms with van der Waals surface area (Å²) in [6, 6.07) is 13.0. The van der Waals surface area contributed by atoms with Crippen LogP contribution in [-0.2, 0) is 14.3 Å². The monoisotopic (exact) mass is 380 g/mol. The molecule has 2 rings (SSSR count). The summed E-state index contributed by atoms with van der Waals surface area (Å²) in [6.07, 6.45) is 0. The van der Waals surface area contributed by atoms with Crippen molar-refractivity contribution >= 4 is 46.6 Å². The maximum absolute atomic E-state index is 11.8. The fourth-order valence-corrected chi connectivity index (χ4v) is 2.69. The molecule has 0 aliphatic heterocycles. The Hall–Kier alpha value is -2.58. The number of ether oxygens (including phenoxy) is 1. The molecule has 1 N–H and O–H groups in total. The van der Waals surface area contributed by atoms with E-state index >= 15 is 0 Å². The molecule has 2 aromatic rings. The summed E-state index contributed by atoms with van der Waals surface area (Å²) in [5.41, 5.74) is -0.360. The Morgan fingerprint density at radius 2 is 1.92 bits per heavy atom. The van der Waals surface area contributed by atoms with E-state index in [2.05, 4.69) is 5.32 Å². The molecule has 0 unspecified atom stereocenters. The highest BCUT2D eigenvalue weighted by atomic mass is 35.5. The van der Waals surface area contributed by atoms with Gasteiger partial charge < -0.3 is 10.1 Å². The average Bonchev–Trinajstić information content (AvgIpc) is 2.59. The van der Waals surface area contributed by atoms with Crippen LogP contribution in [0.5, 0.6) is 0 Å². The molecule has 130 valence electrons. The fourth-order valence-electron chi connectivity index (χ4n) is 1.80. The zero-order valence-electron chi connectivity index (χ0n) is 12.8. The molecule has 25 heavy (non-hydrogen) atoms. The second-order valence-corrected chi connectivity index (χ2v) is 6.21. The van der Waals surface area contributed by atoms with Gasteiger partial charge in [-0.2, -0.15) is 0 Å². The summed E-state index contributed by atoms with van der Waals surface area (Å²) in [5.74, 6) is -1.21. The van der Waals surface area contributed by atoms with Crippen LogP contribution < -0.4 is 5.32 Å². The fraction of sp³-hybridized carbons (Fsp3) is 0.125. The molecule has 1 amide bonds. The van der Waals surface area contributed by atoms with Crippen molar-refractivity contribution in [3.05, 3.63) is 63.7 Å². The second kappa shape index (κ2) is 9.05. The van der Waals surface area contributed by atoms with Crippen LogP contribution in [0.2, 0.25) is 5.02 Å². The molecule has 0 saturated heterocycles. The number of hydrogen-bond donors (Lipinski definition) is 1. The molecule has 0 fully saturated rings. The van der Waals surface area contributed by atoms with Gasteiger partial charge in [0, 0.05) is 16.0 Å². The number of carbonyl (C=O) groups is 2. The van der Waals surface area contributed by atoms with Gasteiger partial charge in [-0.15, -0.1) is 11.8 Å². The minimum atomic E-state index is -0.691. The smallest absolute Gasteiger partial charge is 0.316 e. The van der Waals surface area contributed by atoms with Gasteiger partial charge in [0.05, 0.1) is 10.7 Å². The quantitative estimate of drug-likeness (QED) is 0.341. The maximum atomic E-state index is 11.8. The molecule has 9 heteroatoms. The zero-order valence-corrected chi connectivity index (χ0v) is 14.4. The van der Waals surface area contributed by atoms with Gasteiger partial charge in [-0.1, -0.05) is 29.8 Å². The van der Waals surface area contributed by atoms with E-state index < -0.39 is 23.4 Å². The summed E-state index contributed by atoms with van der Waals surface area (Å²) in [6.45, 7) is -0.544. The number of nitro groups is 1. The minimum Gasteiger partial charge on any atom is -0.455 e. The van der Waals surface area contributed by atoms with Crippen LogP contribution in [0, 0.1) is 10.1 Å². The predicted octanol–water partition coefficient (Wildman–Crippen LogP) is 3.52. The van der Waals surface area contributed by atoms with E-state index in [1.807, 2.05) is 30.3 Å². The summed E-state index contributed by atoms with van der Waals surface area (Å²) >= 11 is 7.05. The molecule has 0 bridgehead atoms. The van der Waals surface area contributed by atoms with Crippen LogP contribution >= 0.6 is 23.4 Å². The number of hydrogen-bond acceptors (Lipinski definition) is 6. The van der Waals surface area contributed by atoms with Crippen LogP contribution in [0.1, 0.15) is 0 Å². The molecule has 0 spiro atoms. The molecule has 0 aliphatic rings. The Kier molecular flexibility index (Phi) is 6.79. The standard InChI is InChI=1S/C16H13ClN2O5S/c17-11-6-7-14(19(22)23)13(8-11)18-15(20)9-24-16(21)10-25-12-4-2-1-3-5-12/h1-8H,9-10H2,(H,18,20). The highest BCUT2D eigenvalue weighted by Gasteiger charge is 2.17. The first kappa shape index (κ1) is 18.8. The van der Waals surface area contributed by atoms with E-state index in [0.29, 0.717) is 0 Å². The third-order valence-corrected chi connectivity index (χ3v) is 4.11. The normalized spacial score (nSPS) is 10.1. The van der Waals surface area contributed by atoms with Gasteiger partial charge in [0.1, 0.15) is 5.69 Å². The lowest BCUT2D eigenvalue weighted by Gasteiger charge is -2.07. The first-order valence-corrected chi connectivity index (χ1v) is 8.39. The topological polar surface area (TPSA) is 98.5 Å².